The Morgan fingerprint density at radius 3 is 2.29 bits per heavy atom. The van der Waals surface area contributed by atoms with Gasteiger partial charge in [0, 0.05) is 12.5 Å². The second-order valence-corrected chi connectivity index (χ2v) is 6.73. The number of alkyl halides is 3. The molecule has 28 heavy (non-hydrogen) atoms. The molecule has 2 rings (SSSR count). The molecule has 1 aliphatic rings. The lowest BCUT2D eigenvalue weighted by atomic mass is 10.1. The fourth-order valence-corrected chi connectivity index (χ4v) is 3.87. The van der Waals surface area contributed by atoms with Gasteiger partial charge in [-0.05, 0) is 30.7 Å². The quantitative estimate of drug-likeness (QED) is 0.281. The Labute approximate surface area is 172 Å². The number of halogens is 7. The Morgan fingerprint density at radius 1 is 1.25 bits per heavy atom. The number of amides is 1. The first-order valence-electron chi connectivity index (χ1n) is 7.65. The summed E-state index contributed by atoms with van der Waals surface area (Å²) in [6.45, 7) is 2.28. The number of rotatable bonds is 5. The van der Waals surface area contributed by atoms with Crippen LogP contribution in [0.5, 0.6) is 5.75 Å². The average molecular weight is 465 g/mol. The van der Waals surface area contributed by atoms with Crippen molar-refractivity contribution in [1.29, 1.82) is 0 Å². The second-order valence-electron chi connectivity index (χ2n) is 5.59. The third kappa shape index (κ3) is 3.81. The molecule has 0 saturated heterocycles. The van der Waals surface area contributed by atoms with E-state index in [1.54, 1.807) is 0 Å². The number of carbonyl (C=O) groups is 1. The summed E-state index contributed by atoms with van der Waals surface area (Å²) in [5, 5.41) is -1.55. The lowest BCUT2D eigenvalue weighted by Crippen LogP contribution is -2.46. The van der Waals surface area contributed by atoms with Gasteiger partial charge in [0.25, 0.3) is 5.70 Å². The van der Waals surface area contributed by atoms with Gasteiger partial charge in [-0.3, -0.25) is 4.79 Å². The van der Waals surface area contributed by atoms with Gasteiger partial charge < -0.3 is 4.84 Å². The molecule has 1 amide bonds. The summed E-state index contributed by atoms with van der Waals surface area (Å²) < 4.78 is 54.4. The molecule has 12 heteroatoms. The van der Waals surface area contributed by atoms with Crippen molar-refractivity contribution in [2.75, 3.05) is 13.7 Å². The molecule has 1 N–H and O–H groups in total. The van der Waals surface area contributed by atoms with Crippen LogP contribution in [-0.2, 0) is 9.63 Å². The number of hydrogen-bond acceptors (Lipinski definition) is 3. The molecular formula is C16H14Cl3F4N2O3+. The summed E-state index contributed by atoms with van der Waals surface area (Å²) in [7, 11) is 1.02. The van der Waals surface area contributed by atoms with E-state index in [9.17, 15) is 22.4 Å². The zero-order valence-electron chi connectivity index (χ0n) is 14.7. The van der Waals surface area contributed by atoms with E-state index in [1.165, 1.54) is 6.92 Å². The third-order valence-electron chi connectivity index (χ3n) is 3.93. The Morgan fingerprint density at radius 2 is 1.86 bits per heavy atom. The fourth-order valence-electron chi connectivity index (χ4n) is 2.73. The molecule has 0 fully saturated rings. The number of nitrogens with zero attached hydrogens (tertiary/aromatic N) is 1. The molecule has 154 valence electrons. The summed E-state index contributed by atoms with van der Waals surface area (Å²) >= 11 is 18.1. The van der Waals surface area contributed by atoms with Crippen molar-refractivity contribution in [3.63, 3.8) is 0 Å². The highest BCUT2D eigenvalue weighted by molar-refractivity contribution is 6.42. The van der Waals surface area contributed by atoms with Crippen LogP contribution in [0.15, 0.2) is 28.0 Å². The smallest absolute Gasteiger partial charge is 0.378 e. The van der Waals surface area contributed by atoms with Gasteiger partial charge in [-0.25, -0.2) is 4.39 Å². The van der Waals surface area contributed by atoms with Gasteiger partial charge in [-0.2, -0.15) is 23.5 Å². The van der Waals surface area contributed by atoms with Gasteiger partial charge in [0.1, 0.15) is 17.4 Å². The maximum absolute atomic E-state index is 14.6. The van der Waals surface area contributed by atoms with Gasteiger partial charge in [-0.1, -0.05) is 23.2 Å². The first-order chi connectivity index (χ1) is 12.9. The molecule has 1 aliphatic heterocycles. The molecule has 0 aliphatic carbocycles. The van der Waals surface area contributed by atoms with Crippen molar-refractivity contribution in [3.8, 4) is 5.75 Å². The standard InChI is InChI=1S/C16H13Cl3F4N2O3/c1-4-25(27-3)14(16(21,22)23)13(18)12(15(25)19)8-5-11(28-24-7(2)26)9(17)6-10(8)20/h5-6H,4H2,1-3H3/p+1. The molecular weight excluding hydrogens is 451 g/mol. The van der Waals surface area contributed by atoms with E-state index in [0.29, 0.717) is 0 Å². The summed E-state index contributed by atoms with van der Waals surface area (Å²) in [4.78, 5) is 21.0. The number of carbonyl (C=O) groups excluding carboxylic acids is 1. The molecule has 1 atom stereocenters. The topological polar surface area (TPSA) is 47.6 Å². The van der Waals surface area contributed by atoms with Gasteiger partial charge >= 0.3 is 6.18 Å². The normalized spacial score (nSPS) is 20.1. The lowest BCUT2D eigenvalue weighted by Gasteiger charge is -2.30. The first kappa shape index (κ1) is 22.8. The minimum Gasteiger partial charge on any atom is -0.378 e. The maximum Gasteiger partial charge on any atom is 0.472 e. The Bertz CT molecular complexity index is 881. The maximum atomic E-state index is 14.6. The van der Waals surface area contributed by atoms with E-state index in [-0.39, 0.29) is 17.3 Å². The number of nitrogens with one attached hydrogen (secondary N) is 1. The van der Waals surface area contributed by atoms with Crippen molar-refractivity contribution in [3.05, 3.63) is 44.4 Å². The van der Waals surface area contributed by atoms with Crippen molar-refractivity contribution >= 4 is 46.3 Å². The second kappa shape index (κ2) is 8.08. The number of allylic oxidation sites excluding steroid dienone is 3. The van der Waals surface area contributed by atoms with Crippen molar-refractivity contribution in [2.45, 2.75) is 20.0 Å². The molecule has 0 radical (unpaired) electrons. The lowest BCUT2D eigenvalue weighted by molar-refractivity contribution is -1.04. The summed E-state index contributed by atoms with van der Waals surface area (Å²) in [5.41, 5.74) is -0.148. The molecule has 5 nitrogen and oxygen atoms in total. The summed E-state index contributed by atoms with van der Waals surface area (Å²) in [5.74, 6) is -1.80. The number of benzene rings is 1. The third-order valence-corrected chi connectivity index (χ3v) is 5.06. The number of hydrogen-bond donors (Lipinski definition) is 1. The van der Waals surface area contributed by atoms with Crippen molar-refractivity contribution in [2.24, 2.45) is 0 Å². The molecule has 1 aromatic rings. The van der Waals surface area contributed by atoms with Crippen LogP contribution in [-0.4, -0.2) is 30.4 Å². The van der Waals surface area contributed by atoms with E-state index >= 15 is 0 Å². The van der Waals surface area contributed by atoms with E-state index in [2.05, 4.69) is 0 Å². The van der Waals surface area contributed by atoms with Crippen LogP contribution in [0.2, 0.25) is 5.02 Å². The minimum atomic E-state index is -4.91. The van der Waals surface area contributed by atoms with Gasteiger partial charge in [-0.15, -0.1) is 4.65 Å². The molecule has 0 saturated carbocycles. The molecule has 1 aromatic carbocycles. The van der Waals surface area contributed by atoms with E-state index in [0.717, 1.165) is 26.2 Å². The molecule has 0 aromatic heterocycles. The van der Waals surface area contributed by atoms with Crippen LogP contribution < -0.4 is 10.3 Å². The zero-order valence-corrected chi connectivity index (χ0v) is 16.9. The predicted molar refractivity (Wildman–Crippen MR) is 95.4 cm³/mol. The van der Waals surface area contributed by atoms with E-state index in [4.69, 9.17) is 44.5 Å². The molecule has 0 bridgehead atoms. The van der Waals surface area contributed by atoms with Crippen LogP contribution >= 0.6 is 34.8 Å². The highest BCUT2D eigenvalue weighted by atomic mass is 35.5. The minimum absolute atomic E-state index is 0.220. The van der Waals surface area contributed by atoms with Gasteiger partial charge in [0.15, 0.2) is 5.75 Å². The number of hydroxylamine groups is 4. The Kier molecular flexibility index (Phi) is 6.57. The van der Waals surface area contributed by atoms with Crippen molar-refractivity contribution in [1.82, 2.24) is 5.48 Å². The molecule has 1 heterocycles. The monoisotopic (exact) mass is 463 g/mol. The molecule has 0 spiro atoms. The Hall–Kier alpha value is -1.52. The summed E-state index contributed by atoms with van der Waals surface area (Å²) in [6.07, 6.45) is -4.91. The van der Waals surface area contributed by atoms with Gasteiger partial charge in [0.2, 0.25) is 11.1 Å². The highest BCUT2D eigenvalue weighted by Crippen LogP contribution is 2.54. The van der Waals surface area contributed by atoms with Crippen molar-refractivity contribution < 1.29 is 36.7 Å². The highest BCUT2D eigenvalue weighted by Gasteiger charge is 2.60. The van der Waals surface area contributed by atoms with E-state index in [1.807, 2.05) is 5.48 Å². The summed E-state index contributed by atoms with van der Waals surface area (Å²) in [6, 6.07) is 1.78. The van der Waals surface area contributed by atoms with Gasteiger partial charge in [0.05, 0.1) is 17.7 Å². The van der Waals surface area contributed by atoms with Crippen LogP contribution in [0, 0.1) is 5.82 Å². The van der Waals surface area contributed by atoms with Crippen LogP contribution in [0.3, 0.4) is 0 Å². The van der Waals surface area contributed by atoms with E-state index < -0.39 is 49.6 Å². The van der Waals surface area contributed by atoms with Crippen LogP contribution in [0.25, 0.3) is 5.57 Å². The molecule has 1 unspecified atom stereocenters. The first-order valence-corrected chi connectivity index (χ1v) is 8.79. The largest absolute Gasteiger partial charge is 0.472 e. The predicted octanol–water partition coefficient (Wildman–Crippen LogP) is 5.24. The fraction of sp³-hybridized carbons (Fsp3) is 0.312. The van der Waals surface area contributed by atoms with Crippen LogP contribution in [0.4, 0.5) is 17.6 Å². The average Bonchev–Trinajstić information content (AvgIpc) is 2.81. The number of quaternary nitrogens is 1. The Balaban J connectivity index is 2.75. The van der Waals surface area contributed by atoms with Crippen LogP contribution in [0.1, 0.15) is 19.4 Å². The SMILES string of the molecule is CC[N+]1(OC)C(Cl)=C(c2cc(ONC(C)=O)c(Cl)cc2F)C(Cl)=C1C(F)(F)F. The zero-order chi connectivity index (χ0) is 21.4.